The van der Waals surface area contributed by atoms with Crippen molar-refractivity contribution in [1.82, 2.24) is 14.8 Å². The molecule has 4 aromatic rings. The highest BCUT2D eigenvalue weighted by Crippen LogP contribution is 2.29. The number of carbonyl (C=O) groups is 1. The lowest BCUT2D eigenvalue weighted by atomic mass is 10.0. The van der Waals surface area contributed by atoms with Crippen LogP contribution in [0.2, 0.25) is 0 Å². The highest BCUT2D eigenvalue weighted by atomic mass is 16.4. The van der Waals surface area contributed by atoms with Gasteiger partial charge >= 0.3 is 5.97 Å². The van der Waals surface area contributed by atoms with Crippen LogP contribution in [0.4, 0.5) is 5.69 Å². The molecule has 0 atom stereocenters. The Morgan fingerprint density at radius 1 is 0.967 bits per heavy atom. The summed E-state index contributed by atoms with van der Waals surface area (Å²) in [5, 5.41) is 16.9. The molecule has 6 heteroatoms. The molecule has 150 valence electrons. The van der Waals surface area contributed by atoms with E-state index in [0.717, 1.165) is 33.6 Å². The number of nitrogens with zero attached hydrogens (tertiary/aromatic N) is 3. The van der Waals surface area contributed by atoms with Crippen molar-refractivity contribution in [3.63, 3.8) is 0 Å². The summed E-state index contributed by atoms with van der Waals surface area (Å²) in [4.78, 5) is 15.0. The van der Waals surface area contributed by atoms with E-state index in [-0.39, 0.29) is 6.42 Å². The van der Waals surface area contributed by atoms with E-state index in [0.29, 0.717) is 13.1 Å². The lowest BCUT2D eigenvalue weighted by molar-refractivity contribution is -0.136. The van der Waals surface area contributed by atoms with Crippen molar-refractivity contribution in [2.75, 3.05) is 11.9 Å². The quantitative estimate of drug-likeness (QED) is 0.455. The number of aliphatic carboxylic acids is 1. The Morgan fingerprint density at radius 3 is 2.57 bits per heavy atom. The summed E-state index contributed by atoms with van der Waals surface area (Å²) in [5.74, 6) is -0.823. The molecular weight excluding hydrogens is 376 g/mol. The van der Waals surface area contributed by atoms with Gasteiger partial charge in [0.1, 0.15) is 0 Å². The van der Waals surface area contributed by atoms with Crippen molar-refractivity contribution < 1.29 is 9.90 Å². The zero-order chi connectivity index (χ0) is 20.8. The molecule has 2 aromatic heterocycles. The van der Waals surface area contributed by atoms with Crippen LogP contribution in [0, 0.1) is 0 Å². The molecule has 0 bridgehead atoms. The molecule has 30 heavy (non-hydrogen) atoms. The minimum Gasteiger partial charge on any atom is -0.481 e. The molecule has 0 radical (unpaired) electrons. The van der Waals surface area contributed by atoms with Crippen LogP contribution in [-0.4, -0.2) is 32.4 Å². The molecule has 0 spiro atoms. The highest BCUT2D eigenvalue weighted by Gasteiger charge is 2.09. The molecule has 2 N–H and O–H groups in total. The van der Waals surface area contributed by atoms with Gasteiger partial charge in [0.15, 0.2) is 0 Å². The van der Waals surface area contributed by atoms with Crippen LogP contribution in [0.15, 0.2) is 85.3 Å². The first-order valence-electron chi connectivity index (χ1n) is 9.76. The van der Waals surface area contributed by atoms with Crippen molar-refractivity contribution in [2.24, 2.45) is 0 Å². The molecule has 0 aliphatic heterocycles. The lowest BCUT2D eigenvalue weighted by Crippen LogP contribution is -2.07. The maximum Gasteiger partial charge on any atom is 0.305 e. The van der Waals surface area contributed by atoms with Gasteiger partial charge in [-0.25, -0.2) is 0 Å². The van der Waals surface area contributed by atoms with Crippen LogP contribution < -0.4 is 5.32 Å². The number of nitrogens with one attached hydrogen (secondary N) is 1. The average Bonchev–Trinajstić information content (AvgIpc) is 3.23. The van der Waals surface area contributed by atoms with Gasteiger partial charge < -0.3 is 10.4 Å². The van der Waals surface area contributed by atoms with E-state index < -0.39 is 5.97 Å². The van der Waals surface area contributed by atoms with Crippen molar-refractivity contribution >= 4 is 11.7 Å². The number of pyridine rings is 1. The molecule has 0 fully saturated rings. The van der Waals surface area contributed by atoms with E-state index in [2.05, 4.69) is 28.5 Å². The summed E-state index contributed by atoms with van der Waals surface area (Å²) >= 11 is 0. The summed E-state index contributed by atoms with van der Waals surface area (Å²) in [5.41, 5.74) is 5.93. The number of anilines is 1. The molecule has 0 aliphatic carbocycles. The van der Waals surface area contributed by atoms with Gasteiger partial charge in [0.05, 0.1) is 18.7 Å². The topological polar surface area (TPSA) is 80.0 Å². The van der Waals surface area contributed by atoms with Crippen molar-refractivity contribution in [3.8, 4) is 22.4 Å². The third-order valence-corrected chi connectivity index (χ3v) is 4.71. The largest absolute Gasteiger partial charge is 0.481 e. The Labute approximate surface area is 174 Å². The molecule has 0 unspecified atom stereocenters. The number of carboxylic acids is 1. The van der Waals surface area contributed by atoms with Gasteiger partial charge in [0, 0.05) is 36.4 Å². The molecule has 0 amide bonds. The second-order valence-corrected chi connectivity index (χ2v) is 7.00. The van der Waals surface area contributed by atoms with Crippen LogP contribution in [0.5, 0.6) is 0 Å². The molecule has 2 aromatic carbocycles. The van der Waals surface area contributed by atoms with Gasteiger partial charge in [-0.2, -0.15) is 5.10 Å². The normalized spacial score (nSPS) is 10.7. The monoisotopic (exact) mass is 398 g/mol. The van der Waals surface area contributed by atoms with Gasteiger partial charge in [0.25, 0.3) is 0 Å². The van der Waals surface area contributed by atoms with E-state index in [4.69, 9.17) is 10.2 Å². The first-order chi connectivity index (χ1) is 14.7. The molecule has 0 aliphatic rings. The van der Waals surface area contributed by atoms with E-state index in [1.54, 1.807) is 6.20 Å². The van der Waals surface area contributed by atoms with E-state index in [1.807, 2.05) is 65.6 Å². The predicted octanol–water partition coefficient (Wildman–Crippen LogP) is 4.55. The van der Waals surface area contributed by atoms with Gasteiger partial charge in [0.2, 0.25) is 0 Å². The number of carboxylic acid groups (broad SMARTS) is 1. The highest BCUT2D eigenvalue weighted by molar-refractivity contribution is 5.77. The van der Waals surface area contributed by atoms with Crippen LogP contribution in [0.25, 0.3) is 22.4 Å². The predicted molar refractivity (Wildman–Crippen MR) is 117 cm³/mol. The standard InChI is InChI=1S/C24H22N4O2/c29-24(30)8-11-26-22-14-20(19-6-2-1-3-7-19)13-21(15-22)23-9-12-28(27-23)17-18-5-4-10-25-16-18/h1-7,9-10,12-16,26H,8,11,17H2,(H,29,30). The third-order valence-electron chi connectivity index (χ3n) is 4.71. The zero-order valence-corrected chi connectivity index (χ0v) is 16.4. The summed E-state index contributed by atoms with van der Waals surface area (Å²) in [6.45, 7) is 1.01. The number of hydrogen-bond donors (Lipinski definition) is 2. The Kier molecular flexibility index (Phi) is 5.85. The number of benzene rings is 2. The second kappa shape index (κ2) is 9.05. The van der Waals surface area contributed by atoms with Crippen LogP contribution in [-0.2, 0) is 11.3 Å². The van der Waals surface area contributed by atoms with Gasteiger partial charge in [-0.15, -0.1) is 0 Å². The smallest absolute Gasteiger partial charge is 0.305 e. The van der Waals surface area contributed by atoms with Gasteiger partial charge in [-0.1, -0.05) is 36.4 Å². The SMILES string of the molecule is O=C(O)CCNc1cc(-c2ccccc2)cc(-c2ccn(Cc3cccnc3)n2)c1. The van der Waals surface area contributed by atoms with Crippen LogP contribution >= 0.6 is 0 Å². The fourth-order valence-corrected chi connectivity index (χ4v) is 3.27. The van der Waals surface area contributed by atoms with Gasteiger partial charge in [-0.3, -0.25) is 14.5 Å². The lowest BCUT2D eigenvalue weighted by Gasteiger charge is -2.11. The minimum absolute atomic E-state index is 0.0602. The fourth-order valence-electron chi connectivity index (χ4n) is 3.27. The maximum atomic E-state index is 10.9. The maximum absolute atomic E-state index is 10.9. The summed E-state index contributed by atoms with van der Waals surface area (Å²) in [6, 6.07) is 22.2. The van der Waals surface area contributed by atoms with Gasteiger partial charge in [-0.05, 0) is 47.0 Å². The molecule has 4 rings (SSSR count). The van der Waals surface area contributed by atoms with E-state index in [9.17, 15) is 4.79 Å². The summed E-state index contributed by atoms with van der Waals surface area (Å²) in [7, 11) is 0. The number of rotatable bonds is 8. The Bertz CT molecular complexity index is 1120. The Hall–Kier alpha value is -3.93. The first kappa shape index (κ1) is 19.4. The summed E-state index contributed by atoms with van der Waals surface area (Å²) in [6.07, 6.45) is 5.60. The Balaban J connectivity index is 1.63. The molecule has 2 heterocycles. The molecule has 6 nitrogen and oxygen atoms in total. The average molecular weight is 398 g/mol. The first-order valence-corrected chi connectivity index (χ1v) is 9.76. The third kappa shape index (κ3) is 4.91. The number of hydrogen-bond acceptors (Lipinski definition) is 4. The van der Waals surface area contributed by atoms with E-state index in [1.165, 1.54) is 0 Å². The molecular formula is C24H22N4O2. The second-order valence-electron chi connectivity index (χ2n) is 7.00. The fraction of sp³-hybridized carbons (Fsp3) is 0.125. The van der Waals surface area contributed by atoms with Crippen LogP contribution in [0.3, 0.4) is 0 Å². The molecule has 0 saturated carbocycles. The van der Waals surface area contributed by atoms with E-state index >= 15 is 0 Å². The zero-order valence-electron chi connectivity index (χ0n) is 16.4. The van der Waals surface area contributed by atoms with Crippen molar-refractivity contribution in [3.05, 3.63) is 90.9 Å². The molecule has 0 saturated heterocycles. The van der Waals surface area contributed by atoms with Crippen LogP contribution in [0.1, 0.15) is 12.0 Å². The van der Waals surface area contributed by atoms with Crippen molar-refractivity contribution in [2.45, 2.75) is 13.0 Å². The minimum atomic E-state index is -0.823. The number of aromatic nitrogens is 3. The van der Waals surface area contributed by atoms with Crippen molar-refractivity contribution in [1.29, 1.82) is 0 Å². The Morgan fingerprint density at radius 2 is 1.80 bits per heavy atom. The summed E-state index contributed by atoms with van der Waals surface area (Å²) < 4.78 is 1.89.